The molecule has 2 fully saturated rings. The average molecular weight is 306 g/mol. The number of anilines is 1. The van der Waals surface area contributed by atoms with Crippen LogP contribution in [-0.4, -0.2) is 35.9 Å². The molecule has 0 spiro atoms. The molecule has 2 heterocycles. The minimum absolute atomic E-state index is 0.0221. The molecule has 0 saturated carbocycles. The van der Waals surface area contributed by atoms with E-state index < -0.39 is 23.6 Å². The number of carbonyl (C=O) groups is 3. The zero-order chi connectivity index (χ0) is 15.7. The van der Waals surface area contributed by atoms with Crippen molar-refractivity contribution in [1.29, 1.82) is 0 Å². The minimum atomic E-state index is -0.898. The van der Waals surface area contributed by atoms with Crippen LogP contribution in [0.2, 0.25) is 0 Å². The Bertz CT molecular complexity index is 624. The van der Waals surface area contributed by atoms with Gasteiger partial charge in [0.05, 0.1) is 11.3 Å². The fourth-order valence-electron chi connectivity index (χ4n) is 2.70. The van der Waals surface area contributed by atoms with Crippen LogP contribution >= 0.6 is 0 Å². The van der Waals surface area contributed by atoms with Crippen molar-refractivity contribution in [3.8, 4) is 0 Å². The van der Waals surface area contributed by atoms with Crippen LogP contribution in [0, 0.1) is 5.82 Å². The van der Waals surface area contributed by atoms with Gasteiger partial charge in [-0.3, -0.25) is 9.59 Å². The highest BCUT2D eigenvalue weighted by Gasteiger charge is 2.34. The molecule has 1 aromatic rings. The Morgan fingerprint density at radius 1 is 1.09 bits per heavy atom. The highest BCUT2D eigenvalue weighted by molar-refractivity contribution is 6.03. The lowest BCUT2D eigenvalue weighted by atomic mass is 10.1. The number of halogens is 1. The summed E-state index contributed by atoms with van der Waals surface area (Å²) in [7, 11) is 0. The number of rotatable bonds is 3. The lowest BCUT2D eigenvalue weighted by Crippen LogP contribution is -2.33. The van der Waals surface area contributed by atoms with Crippen LogP contribution in [0.5, 0.6) is 0 Å². The summed E-state index contributed by atoms with van der Waals surface area (Å²) in [6.45, 7) is 1.54. The summed E-state index contributed by atoms with van der Waals surface area (Å²) in [5, 5.41) is 0.473. The molecular weight excluding hydrogens is 291 g/mol. The van der Waals surface area contributed by atoms with Crippen molar-refractivity contribution in [2.45, 2.75) is 25.7 Å². The third kappa shape index (κ3) is 2.66. The average Bonchev–Trinajstić information content (AvgIpc) is 3.12. The SMILES string of the molecule is O=C(ON1C(=O)CCC1=O)c1cc(F)ccc1N1CCCC1. The normalized spacial score (nSPS) is 18.2. The van der Waals surface area contributed by atoms with Gasteiger partial charge in [-0.1, -0.05) is 0 Å². The molecule has 22 heavy (non-hydrogen) atoms. The van der Waals surface area contributed by atoms with E-state index in [0.29, 0.717) is 10.8 Å². The van der Waals surface area contributed by atoms with Gasteiger partial charge in [0.2, 0.25) is 0 Å². The van der Waals surface area contributed by atoms with Crippen molar-refractivity contribution in [2.24, 2.45) is 0 Å². The molecule has 2 saturated heterocycles. The van der Waals surface area contributed by atoms with Crippen LogP contribution in [0.4, 0.5) is 10.1 Å². The van der Waals surface area contributed by atoms with Gasteiger partial charge in [-0.25, -0.2) is 9.18 Å². The van der Waals surface area contributed by atoms with E-state index in [1.54, 1.807) is 0 Å². The molecule has 0 bridgehead atoms. The number of hydrogen-bond donors (Lipinski definition) is 0. The fourth-order valence-corrected chi connectivity index (χ4v) is 2.70. The number of hydrogen-bond acceptors (Lipinski definition) is 5. The van der Waals surface area contributed by atoms with Gasteiger partial charge in [-0.2, -0.15) is 0 Å². The maximum absolute atomic E-state index is 13.5. The molecule has 0 unspecified atom stereocenters. The number of nitrogens with zero attached hydrogens (tertiary/aromatic N) is 2. The lowest BCUT2D eigenvalue weighted by Gasteiger charge is -2.21. The quantitative estimate of drug-likeness (QED) is 0.794. The van der Waals surface area contributed by atoms with Crippen molar-refractivity contribution in [1.82, 2.24) is 5.06 Å². The third-order valence-corrected chi connectivity index (χ3v) is 3.81. The van der Waals surface area contributed by atoms with Crippen molar-refractivity contribution in [3.63, 3.8) is 0 Å². The van der Waals surface area contributed by atoms with Crippen molar-refractivity contribution in [3.05, 3.63) is 29.6 Å². The van der Waals surface area contributed by atoms with E-state index >= 15 is 0 Å². The zero-order valence-electron chi connectivity index (χ0n) is 11.9. The van der Waals surface area contributed by atoms with Crippen LogP contribution in [0.25, 0.3) is 0 Å². The highest BCUT2D eigenvalue weighted by atomic mass is 19.1. The largest absolute Gasteiger partial charge is 0.371 e. The predicted molar refractivity (Wildman–Crippen MR) is 74.3 cm³/mol. The van der Waals surface area contributed by atoms with E-state index in [-0.39, 0.29) is 18.4 Å². The Morgan fingerprint density at radius 2 is 1.73 bits per heavy atom. The Morgan fingerprint density at radius 3 is 2.36 bits per heavy atom. The molecule has 0 radical (unpaired) electrons. The molecule has 2 aliphatic rings. The molecule has 0 aliphatic carbocycles. The summed E-state index contributed by atoms with van der Waals surface area (Å²) in [4.78, 5) is 42.1. The molecule has 3 rings (SSSR count). The first-order chi connectivity index (χ1) is 10.6. The van der Waals surface area contributed by atoms with Gasteiger partial charge < -0.3 is 9.74 Å². The smallest absolute Gasteiger partial charge is 0.366 e. The summed E-state index contributed by atoms with van der Waals surface area (Å²) in [5.41, 5.74) is 0.581. The fraction of sp³-hybridized carbons (Fsp3) is 0.400. The second-order valence-corrected chi connectivity index (χ2v) is 5.32. The van der Waals surface area contributed by atoms with E-state index in [1.807, 2.05) is 4.90 Å². The molecule has 1 aromatic carbocycles. The first-order valence-corrected chi connectivity index (χ1v) is 7.19. The maximum atomic E-state index is 13.5. The first kappa shape index (κ1) is 14.5. The van der Waals surface area contributed by atoms with E-state index in [1.165, 1.54) is 12.1 Å². The van der Waals surface area contributed by atoms with Crippen LogP contribution in [0.15, 0.2) is 18.2 Å². The van der Waals surface area contributed by atoms with Crippen LogP contribution in [0.3, 0.4) is 0 Å². The van der Waals surface area contributed by atoms with Gasteiger partial charge in [0.1, 0.15) is 5.82 Å². The zero-order valence-corrected chi connectivity index (χ0v) is 11.9. The molecule has 0 aromatic heterocycles. The topological polar surface area (TPSA) is 66.9 Å². The van der Waals surface area contributed by atoms with Gasteiger partial charge in [0.15, 0.2) is 0 Å². The van der Waals surface area contributed by atoms with E-state index in [9.17, 15) is 18.8 Å². The van der Waals surface area contributed by atoms with Gasteiger partial charge in [-0.05, 0) is 31.0 Å². The monoisotopic (exact) mass is 306 g/mol. The molecular formula is C15H15FN2O4. The molecule has 0 atom stereocenters. The summed E-state index contributed by atoms with van der Waals surface area (Å²) < 4.78 is 13.5. The number of carbonyl (C=O) groups excluding carboxylic acids is 3. The van der Waals surface area contributed by atoms with Gasteiger partial charge >= 0.3 is 5.97 Å². The Balaban J connectivity index is 1.86. The van der Waals surface area contributed by atoms with Gasteiger partial charge in [0.25, 0.3) is 11.8 Å². The summed E-state index contributed by atoms with van der Waals surface area (Å²) in [5.74, 6) is -2.59. The molecule has 116 valence electrons. The number of hydroxylamine groups is 2. The third-order valence-electron chi connectivity index (χ3n) is 3.81. The second kappa shape index (κ2) is 5.75. The Kier molecular flexibility index (Phi) is 3.79. The first-order valence-electron chi connectivity index (χ1n) is 7.19. The maximum Gasteiger partial charge on any atom is 0.366 e. The van der Waals surface area contributed by atoms with Gasteiger partial charge in [0, 0.05) is 25.9 Å². The molecule has 2 aliphatic heterocycles. The highest BCUT2D eigenvalue weighted by Crippen LogP contribution is 2.27. The molecule has 7 heteroatoms. The second-order valence-electron chi connectivity index (χ2n) is 5.32. The van der Waals surface area contributed by atoms with Crippen LogP contribution < -0.4 is 4.90 Å². The predicted octanol–water partition coefficient (Wildman–Crippen LogP) is 1.65. The Hall–Kier alpha value is -2.44. The summed E-state index contributed by atoms with van der Waals surface area (Å²) in [6.07, 6.45) is 2.03. The number of amides is 2. The van der Waals surface area contributed by atoms with E-state index in [0.717, 1.165) is 32.0 Å². The van der Waals surface area contributed by atoms with Crippen molar-refractivity contribution >= 4 is 23.5 Å². The number of benzene rings is 1. The summed E-state index contributed by atoms with van der Waals surface area (Å²) in [6, 6.07) is 3.86. The van der Waals surface area contributed by atoms with Crippen molar-refractivity contribution in [2.75, 3.05) is 18.0 Å². The molecule has 0 N–H and O–H groups in total. The molecule has 2 amide bonds. The summed E-state index contributed by atoms with van der Waals surface area (Å²) >= 11 is 0. The van der Waals surface area contributed by atoms with Crippen molar-refractivity contribution < 1.29 is 23.6 Å². The number of imide groups is 1. The standard InChI is InChI=1S/C15H15FN2O4/c16-10-3-4-12(17-7-1-2-8-17)11(9-10)15(21)22-18-13(19)5-6-14(18)20/h3-4,9H,1-2,5-8H2. The lowest BCUT2D eigenvalue weighted by molar-refractivity contribution is -0.172. The van der Waals surface area contributed by atoms with E-state index in [2.05, 4.69) is 0 Å². The van der Waals surface area contributed by atoms with Crippen LogP contribution in [0.1, 0.15) is 36.0 Å². The van der Waals surface area contributed by atoms with Crippen LogP contribution in [-0.2, 0) is 14.4 Å². The Labute approximate surface area is 126 Å². The minimum Gasteiger partial charge on any atom is -0.371 e. The van der Waals surface area contributed by atoms with Gasteiger partial charge in [-0.15, -0.1) is 5.06 Å². The molecule has 6 nitrogen and oxygen atoms in total. The van der Waals surface area contributed by atoms with E-state index in [4.69, 9.17) is 4.84 Å².